The molecule has 1 heterocycles. The molecule has 10 heteroatoms. The first-order valence-electron chi connectivity index (χ1n) is 13.4. The molecule has 1 fully saturated rings. The zero-order chi connectivity index (χ0) is 29.8. The lowest BCUT2D eigenvalue weighted by Gasteiger charge is -2.35. The van der Waals surface area contributed by atoms with Crippen LogP contribution < -0.4 is 21.1 Å². The number of hydrogen-bond acceptors (Lipinski definition) is 7. The molecule has 218 valence electrons. The summed E-state index contributed by atoms with van der Waals surface area (Å²) < 4.78 is 5.23. The summed E-state index contributed by atoms with van der Waals surface area (Å²) >= 11 is 1.47. The van der Waals surface area contributed by atoms with Gasteiger partial charge in [-0.1, -0.05) is 30.3 Å². The van der Waals surface area contributed by atoms with Crippen LogP contribution in [0.15, 0.2) is 42.5 Å². The van der Waals surface area contributed by atoms with Crippen LogP contribution in [0, 0.1) is 13.8 Å². The number of amides is 3. The molecule has 2 aromatic rings. The topological polar surface area (TPSA) is 134 Å². The molecule has 1 aliphatic rings. The second-order valence-corrected chi connectivity index (χ2v) is 13.5. The zero-order valence-electron chi connectivity index (χ0n) is 24.4. The molecule has 0 radical (unpaired) electrons. The van der Waals surface area contributed by atoms with Crippen molar-refractivity contribution >= 4 is 35.2 Å². The summed E-state index contributed by atoms with van der Waals surface area (Å²) in [6.07, 6.45) is -1.37. The Labute approximate surface area is 241 Å². The van der Waals surface area contributed by atoms with E-state index in [2.05, 4.69) is 10.6 Å². The molecule has 0 unspecified atom stereocenters. The Morgan fingerprint density at radius 1 is 1.15 bits per heavy atom. The fourth-order valence-corrected chi connectivity index (χ4v) is 6.04. The van der Waals surface area contributed by atoms with E-state index in [0.29, 0.717) is 11.4 Å². The van der Waals surface area contributed by atoms with Crippen LogP contribution in [0.2, 0.25) is 0 Å². The number of hydrogen-bond donors (Lipinski definition) is 4. The van der Waals surface area contributed by atoms with Gasteiger partial charge in [-0.05, 0) is 83.7 Å². The highest BCUT2D eigenvalue weighted by atomic mass is 32.2. The Kier molecular flexibility index (Phi) is 9.79. The Balaban J connectivity index is 1.80. The van der Waals surface area contributed by atoms with E-state index in [1.54, 1.807) is 12.1 Å². The van der Waals surface area contributed by atoms with Crippen LogP contribution in [0.3, 0.4) is 0 Å². The van der Waals surface area contributed by atoms with Crippen molar-refractivity contribution in [1.82, 2.24) is 15.5 Å². The fourth-order valence-electron chi connectivity index (χ4n) is 4.90. The third kappa shape index (κ3) is 7.91. The molecule has 0 spiro atoms. The maximum atomic E-state index is 13.7. The van der Waals surface area contributed by atoms with Crippen molar-refractivity contribution in [2.24, 2.45) is 0 Å². The SMILES string of the molecule is Cc1cc(N)cc(C)c1OCC(=O)N[C@@H](Cc1ccccc1)[C@H](O)C(=O)N1CSC(C)(C)[C@H]1C(=O)NC(C)(C)C. The minimum absolute atomic E-state index is 0.211. The molecule has 3 rings (SSSR count). The second-order valence-electron chi connectivity index (χ2n) is 11.9. The Morgan fingerprint density at radius 3 is 2.33 bits per heavy atom. The molecule has 1 aliphatic heterocycles. The highest BCUT2D eigenvalue weighted by Crippen LogP contribution is 2.40. The molecule has 2 aromatic carbocycles. The van der Waals surface area contributed by atoms with Crippen LogP contribution in [0.4, 0.5) is 5.69 Å². The maximum Gasteiger partial charge on any atom is 0.258 e. The van der Waals surface area contributed by atoms with Gasteiger partial charge in [-0.25, -0.2) is 0 Å². The lowest BCUT2D eigenvalue weighted by atomic mass is 9.96. The number of aliphatic hydroxyl groups is 1. The van der Waals surface area contributed by atoms with Gasteiger partial charge in [-0.2, -0.15) is 0 Å². The number of aryl methyl sites for hydroxylation is 2. The standard InChI is InChI=1S/C30H42N4O5S/c1-18-13-21(31)14-19(2)25(18)39-16-23(35)32-22(15-20-11-9-8-10-12-20)24(36)28(38)34-17-40-30(6,7)26(34)27(37)33-29(3,4)5/h8-14,22,24,26,36H,15-17,31H2,1-7H3,(H,32,35)(H,33,37)/t22-,24-,26+/m0/s1. The highest BCUT2D eigenvalue weighted by molar-refractivity contribution is 8.00. The predicted molar refractivity (Wildman–Crippen MR) is 159 cm³/mol. The summed E-state index contributed by atoms with van der Waals surface area (Å²) in [4.78, 5) is 41.4. The van der Waals surface area contributed by atoms with E-state index in [4.69, 9.17) is 10.5 Å². The first kappa shape index (κ1) is 31.3. The first-order valence-corrected chi connectivity index (χ1v) is 14.3. The van der Waals surface area contributed by atoms with E-state index in [-0.39, 0.29) is 24.8 Å². The smallest absolute Gasteiger partial charge is 0.258 e. The Hall–Kier alpha value is -3.24. The number of carbonyl (C=O) groups excluding carboxylic acids is 3. The number of nitrogens with zero attached hydrogens (tertiary/aromatic N) is 1. The highest BCUT2D eigenvalue weighted by Gasteiger charge is 2.50. The van der Waals surface area contributed by atoms with Gasteiger partial charge >= 0.3 is 0 Å². The van der Waals surface area contributed by atoms with Crippen molar-refractivity contribution in [3.05, 3.63) is 59.2 Å². The number of anilines is 1. The van der Waals surface area contributed by atoms with E-state index in [0.717, 1.165) is 16.7 Å². The number of nitrogen functional groups attached to an aromatic ring is 1. The predicted octanol–water partition coefficient (Wildman–Crippen LogP) is 2.95. The van der Waals surface area contributed by atoms with Crippen molar-refractivity contribution in [1.29, 1.82) is 0 Å². The van der Waals surface area contributed by atoms with Crippen LogP contribution in [0.1, 0.15) is 51.3 Å². The molecule has 0 saturated carbocycles. The molecule has 3 atom stereocenters. The fraction of sp³-hybridized carbons (Fsp3) is 0.500. The summed E-state index contributed by atoms with van der Waals surface area (Å²) in [5.41, 5.74) is 8.44. The Morgan fingerprint density at radius 2 is 1.75 bits per heavy atom. The van der Waals surface area contributed by atoms with Crippen molar-refractivity contribution in [3.63, 3.8) is 0 Å². The van der Waals surface area contributed by atoms with Gasteiger partial charge in [-0.15, -0.1) is 11.8 Å². The van der Waals surface area contributed by atoms with Gasteiger partial charge in [0.2, 0.25) is 5.91 Å². The zero-order valence-corrected chi connectivity index (χ0v) is 25.2. The van der Waals surface area contributed by atoms with Crippen LogP contribution in [0.5, 0.6) is 5.75 Å². The molecule has 9 nitrogen and oxygen atoms in total. The third-order valence-electron chi connectivity index (χ3n) is 6.68. The number of rotatable bonds is 9. The maximum absolute atomic E-state index is 13.7. The van der Waals surface area contributed by atoms with Crippen molar-refractivity contribution in [2.75, 3.05) is 18.2 Å². The molecule has 0 aliphatic carbocycles. The number of ether oxygens (including phenoxy) is 1. The summed E-state index contributed by atoms with van der Waals surface area (Å²) in [5.74, 6) is -0.573. The quantitative estimate of drug-likeness (QED) is 0.341. The number of nitrogens with one attached hydrogen (secondary N) is 2. The van der Waals surface area contributed by atoms with Crippen LogP contribution in [0.25, 0.3) is 0 Å². The molecular weight excluding hydrogens is 528 g/mol. The molecule has 5 N–H and O–H groups in total. The average Bonchev–Trinajstić information content (AvgIpc) is 3.16. The largest absolute Gasteiger partial charge is 0.483 e. The third-order valence-corrected chi connectivity index (χ3v) is 8.06. The van der Waals surface area contributed by atoms with E-state index in [9.17, 15) is 19.5 Å². The normalized spacial score (nSPS) is 18.1. The van der Waals surface area contributed by atoms with Crippen molar-refractivity contribution in [2.45, 2.75) is 83.4 Å². The lowest BCUT2D eigenvalue weighted by molar-refractivity contribution is -0.148. The number of thioether (sulfide) groups is 1. The summed E-state index contributed by atoms with van der Waals surface area (Å²) in [7, 11) is 0. The average molecular weight is 571 g/mol. The van der Waals surface area contributed by atoms with E-state index in [1.165, 1.54) is 16.7 Å². The van der Waals surface area contributed by atoms with Gasteiger partial charge in [0.05, 0.1) is 11.9 Å². The van der Waals surface area contributed by atoms with Crippen LogP contribution in [-0.2, 0) is 20.8 Å². The van der Waals surface area contributed by atoms with Gasteiger partial charge in [-0.3, -0.25) is 14.4 Å². The molecular formula is C30H42N4O5S. The molecule has 1 saturated heterocycles. The van der Waals surface area contributed by atoms with Gasteiger partial charge in [0.15, 0.2) is 12.7 Å². The lowest BCUT2D eigenvalue weighted by Crippen LogP contribution is -2.60. The summed E-state index contributed by atoms with van der Waals surface area (Å²) in [5, 5.41) is 17.1. The monoisotopic (exact) mass is 570 g/mol. The Bertz CT molecular complexity index is 1210. The number of carbonyl (C=O) groups is 3. The number of aliphatic hydroxyl groups excluding tert-OH is 1. The summed E-state index contributed by atoms with van der Waals surface area (Å²) in [6.45, 7) is 12.8. The van der Waals surface area contributed by atoms with Gasteiger partial charge < -0.3 is 31.1 Å². The minimum Gasteiger partial charge on any atom is -0.483 e. The molecule has 0 bridgehead atoms. The number of nitrogens with two attached hydrogens (primary N) is 1. The van der Waals surface area contributed by atoms with Crippen LogP contribution >= 0.6 is 11.8 Å². The second kappa shape index (κ2) is 12.5. The van der Waals surface area contributed by atoms with Gasteiger partial charge in [0.1, 0.15) is 11.8 Å². The van der Waals surface area contributed by atoms with Crippen molar-refractivity contribution < 1.29 is 24.2 Å². The minimum atomic E-state index is -1.58. The van der Waals surface area contributed by atoms with E-state index >= 15 is 0 Å². The first-order chi connectivity index (χ1) is 18.6. The van der Waals surface area contributed by atoms with Gasteiger partial charge in [0.25, 0.3) is 11.8 Å². The molecule has 3 amide bonds. The van der Waals surface area contributed by atoms with E-state index < -0.39 is 40.3 Å². The van der Waals surface area contributed by atoms with Crippen molar-refractivity contribution in [3.8, 4) is 5.75 Å². The number of benzene rings is 2. The van der Waals surface area contributed by atoms with E-state index in [1.807, 2.05) is 78.8 Å². The van der Waals surface area contributed by atoms with Gasteiger partial charge in [0, 0.05) is 16.0 Å². The summed E-state index contributed by atoms with van der Waals surface area (Å²) in [6, 6.07) is 11.1. The molecule has 40 heavy (non-hydrogen) atoms. The molecule has 0 aromatic heterocycles. The van der Waals surface area contributed by atoms with Crippen LogP contribution in [-0.4, -0.2) is 68.7 Å².